The van der Waals surface area contributed by atoms with Crippen molar-refractivity contribution in [3.05, 3.63) is 41.3 Å². The smallest absolute Gasteiger partial charge is 0.265 e. The maximum absolute atomic E-state index is 12.9. The first-order valence-corrected chi connectivity index (χ1v) is 10.7. The molecule has 1 aromatic carbocycles. The van der Waals surface area contributed by atoms with Crippen LogP contribution in [0.25, 0.3) is 11.4 Å². The monoisotopic (exact) mass is 435 g/mol. The van der Waals surface area contributed by atoms with Crippen molar-refractivity contribution in [3.8, 4) is 23.0 Å². The molecule has 0 saturated carbocycles. The number of hydrogen-bond donors (Lipinski definition) is 1. The largest absolute Gasteiger partial charge is 0.495 e. The number of pyridine rings is 1. The van der Waals surface area contributed by atoms with Crippen LogP contribution in [0.5, 0.6) is 11.6 Å². The van der Waals surface area contributed by atoms with Gasteiger partial charge in [-0.2, -0.15) is 0 Å². The Labute approximate surface area is 172 Å². The second-order valence-electron chi connectivity index (χ2n) is 6.27. The first kappa shape index (κ1) is 19.5. The summed E-state index contributed by atoms with van der Waals surface area (Å²) in [7, 11) is -2.58. The van der Waals surface area contributed by atoms with Crippen LogP contribution in [-0.4, -0.2) is 41.9 Å². The van der Waals surface area contributed by atoms with E-state index >= 15 is 0 Å². The molecule has 0 aliphatic carbocycles. The predicted molar refractivity (Wildman–Crippen MR) is 107 cm³/mol. The van der Waals surface area contributed by atoms with Gasteiger partial charge >= 0.3 is 0 Å². The van der Waals surface area contributed by atoms with Crippen molar-refractivity contribution in [1.82, 2.24) is 19.7 Å². The van der Waals surface area contributed by atoms with Gasteiger partial charge in [0.25, 0.3) is 10.0 Å². The number of ether oxygens (including phenoxy) is 2. The Hall–Kier alpha value is -2.85. The van der Waals surface area contributed by atoms with E-state index in [9.17, 15) is 8.42 Å². The van der Waals surface area contributed by atoms with Crippen molar-refractivity contribution < 1.29 is 17.9 Å². The number of anilines is 1. The molecule has 3 heterocycles. The molecule has 152 valence electrons. The second-order valence-corrected chi connectivity index (χ2v) is 8.36. The lowest BCUT2D eigenvalue weighted by Crippen LogP contribution is -2.14. The molecule has 29 heavy (non-hydrogen) atoms. The van der Waals surface area contributed by atoms with Crippen molar-refractivity contribution in [3.63, 3.8) is 0 Å². The van der Waals surface area contributed by atoms with Crippen LogP contribution in [0.15, 0.2) is 35.4 Å². The Morgan fingerprint density at radius 1 is 1.31 bits per heavy atom. The molecule has 0 bridgehead atoms. The number of nitrogens with one attached hydrogen (secondary N) is 1. The minimum atomic E-state index is -3.97. The molecule has 0 fully saturated rings. The number of sulfonamides is 1. The molecule has 0 saturated heterocycles. The standard InChI is InChI=1S/C18H18ClN5O4S/c1-3-16-21-22-17-13-9-12(10-20-18(13)28-7-6-24(16)17)23-29(25,26)15-8-11(19)4-5-14(15)27-2/h4-5,8-10,23H,3,6-7H2,1-2H3. The predicted octanol–water partition coefficient (Wildman–Crippen LogP) is 2.76. The number of fused-ring (bicyclic) bond motifs is 3. The van der Waals surface area contributed by atoms with Gasteiger partial charge in [0.05, 0.1) is 31.1 Å². The Bertz CT molecular complexity index is 1180. The highest BCUT2D eigenvalue weighted by Crippen LogP contribution is 2.34. The molecule has 1 aliphatic heterocycles. The molecule has 0 amide bonds. The third-order valence-corrected chi connectivity index (χ3v) is 6.09. The van der Waals surface area contributed by atoms with E-state index in [1.54, 1.807) is 12.1 Å². The van der Waals surface area contributed by atoms with Crippen LogP contribution in [0.3, 0.4) is 0 Å². The number of aryl methyl sites for hydroxylation is 1. The molecule has 3 aromatic rings. The van der Waals surface area contributed by atoms with Crippen LogP contribution >= 0.6 is 11.6 Å². The lowest BCUT2D eigenvalue weighted by Gasteiger charge is -2.13. The minimum absolute atomic E-state index is 0.0740. The van der Waals surface area contributed by atoms with Crippen LogP contribution in [0.1, 0.15) is 12.7 Å². The van der Waals surface area contributed by atoms with Gasteiger partial charge in [0, 0.05) is 11.4 Å². The molecule has 0 spiro atoms. The summed E-state index contributed by atoms with van der Waals surface area (Å²) in [6, 6.07) is 6.00. The molecular formula is C18H18ClN5O4S. The number of rotatable bonds is 5. The van der Waals surface area contributed by atoms with Crippen molar-refractivity contribution in [2.24, 2.45) is 0 Å². The molecular weight excluding hydrogens is 418 g/mol. The zero-order chi connectivity index (χ0) is 20.6. The first-order valence-electron chi connectivity index (χ1n) is 8.84. The fraction of sp³-hybridized carbons (Fsp3) is 0.278. The normalized spacial score (nSPS) is 13.1. The summed E-state index contributed by atoms with van der Waals surface area (Å²) in [4.78, 5) is 4.19. The fourth-order valence-corrected chi connectivity index (χ4v) is 4.59. The maximum Gasteiger partial charge on any atom is 0.265 e. The molecule has 9 nitrogen and oxygen atoms in total. The van der Waals surface area contributed by atoms with Crippen LogP contribution in [0.2, 0.25) is 5.02 Å². The average Bonchev–Trinajstić information content (AvgIpc) is 3.02. The fourth-order valence-electron chi connectivity index (χ4n) is 3.12. The quantitative estimate of drug-likeness (QED) is 0.656. The highest BCUT2D eigenvalue weighted by Gasteiger charge is 2.24. The van der Waals surface area contributed by atoms with E-state index in [0.29, 0.717) is 30.4 Å². The van der Waals surface area contributed by atoms with Gasteiger partial charge in [-0.05, 0) is 24.3 Å². The number of aromatic nitrogens is 4. The van der Waals surface area contributed by atoms with Gasteiger partial charge < -0.3 is 14.0 Å². The van der Waals surface area contributed by atoms with Crippen LogP contribution in [-0.2, 0) is 23.0 Å². The number of methoxy groups -OCH3 is 1. The highest BCUT2D eigenvalue weighted by molar-refractivity contribution is 7.92. The van der Waals surface area contributed by atoms with Gasteiger partial charge in [0.2, 0.25) is 5.88 Å². The Morgan fingerprint density at radius 3 is 2.90 bits per heavy atom. The summed E-state index contributed by atoms with van der Waals surface area (Å²) < 4.78 is 41.2. The first-order chi connectivity index (χ1) is 13.9. The SMILES string of the molecule is CCc1nnc2n1CCOc1ncc(NS(=O)(=O)c3cc(Cl)ccc3OC)cc1-2. The summed E-state index contributed by atoms with van der Waals surface area (Å²) in [5, 5.41) is 8.72. The van der Waals surface area contributed by atoms with Crippen LogP contribution in [0.4, 0.5) is 5.69 Å². The van der Waals surface area contributed by atoms with Gasteiger partial charge in [0.15, 0.2) is 5.82 Å². The van der Waals surface area contributed by atoms with Crippen LogP contribution < -0.4 is 14.2 Å². The van der Waals surface area contributed by atoms with Gasteiger partial charge in [-0.15, -0.1) is 10.2 Å². The molecule has 0 atom stereocenters. The molecule has 1 aliphatic rings. The number of nitrogens with zero attached hydrogens (tertiary/aromatic N) is 4. The third-order valence-electron chi connectivity index (χ3n) is 4.46. The number of halogens is 1. The molecule has 1 N–H and O–H groups in total. The topological polar surface area (TPSA) is 108 Å². The molecule has 2 aromatic heterocycles. The maximum atomic E-state index is 12.9. The average molecular weight is 436 g/mol. The lowest BCUT2D eigenvalue weighted by atomic mass is 10.2. The highest BCUT2D eigenvalue weighted by atomic mass is 35.5. The summed E-state index contributed by atoms with van der Waals surface area (Å²) >= 11 is 5.97. The van der Waals surface area contributed by atoms with Crippen molar-refractivity contribution >= 4 is 27.3 Å². The second kappa shape index (κ2) is 7.53. The summed E-state index contributed by atoms with van der Waals surface area (Å²) in [6.45, 7) is 3.00. The Kier molecular flexibility index (Phi) is 5.05. The Balaban J connectivity index is 1.75. The number of hydrogen-bond acceptors (Lipinski definition) is 7. The zero-order valence-corrected chi connectivity index (χ0v) is 17.3. The summed E-state index contributed by atoms with van der Waals surface area (Å²) in [5.74, 6) is 1.97. The lowest BCUT2D eigenvalue weighted by molar-refractivity contribution is 0.294. The zero-order valence-electron chi connectivity index (χ0n) is 15.7. The summed E-state index contributed by atoms with van der Waals surface area (Å²) in [5.41, 5.74) is 0.817. The van der Waals surface area contributed by atoms with Gasteiger partial charge in [-0.1, -0.05) is 18.5 Å². The van der Waals surface area contributed by atoms with Crippen molar-refractivity contribution in [2.75, 3.05) is 18.4 Å². The van der Waals surface area contributed by atoms with E-state index in [4.69, 9.17) is 21.1 Å². The molecule has 0 unspecified atom stereocenters. The molecule has 4 rings (SSSR count). The van der Waals surface area contributed by atoms with E-state index in [2.05, 4.69) is 19.9 Å². The molecule has 11 heteroatoms. The minimum Gasteiger partial charge on any atom is -0.495 e. The van der Waals surface area contributed by atoms with E-state index in [0.717, 1.165) is 12.2 Å². The van der Waals surface area contributed by atoms with Gasteiger partial charge in [0.1, 0.15) is 23.1 Å². The molecule has 0 radical (unpaired) electrons. The summed E-state index contributed by atoms with van der Waals surface area (Å²) in [6.07, 6.45) is 2.11. The Morgan fingerprint density at radius 2 is 2.14 bits per heavy atom. The van der Waals surface area contributed by atoms with Crippen molar-refractivity contribution in [2.45, 2.75) is 24.8 Å². The van der Waals surface area contributed by atoms with E-state index in [-0.39, 0.29) is 21.4 Å². The van der Waals surface area contributed by atoms with Crippen molar-refractivity contribution in [1.29, 1.82) is 0 Å². The van der Waals surface area contributed by atoms with E-state index in [1.165, 1.54) is 25.4 Å². The van der Waals surface area contributed by atoms with E-state index in [1.807, 2.05) is 11.5 Å². The van der Waals surface area contributed by atoms with E-state index < -0.39 is 10.0 Å². The van der Waals surface area contributed by atoms with Crippen LogP contribution in [0, 0.1) is 0 Å². The van der Waals surface area contributed by atoms with Gasteiger partial charge in [-0.25, -0.2) is 13.4 Å². The third kappa shape index (κ3) is 3.60. The number of benzene rings is 1. The van der Waals surface area contributed by atoms with Gasteiger partial charge in [-0.3, -0.25) is 4.72 Å².